The first-order valence-electron chi connectivity index (χ1n) is 6.12. The van der Waals surface area contributed by atoms with Crippen molar-refractivity contribution in [3.63, 3.8) is 0 Å². The number of hydrogen-bond donors (Lipinski definition) is 0. The summed E-state index contributed by atoms with van der Waals surface area (Å²) in [6.45, 7) is 2.86. The van der Waals surface area contributed by atoms with Gasteiger partial charge in [-0.25, -0.2) is 4.98 Å². The Labute approximate surface area is 125 Å². The summed E-state index contributed by atoms with van der Waals surface area (Å²) in [5, 5.41) is 1.54. The number of morpholine rings is 1. The van der Waals surface area contributed by atoms with Crippen LogP contribution in [0.1, 0.15) is 0 Å². The third-order valence-corrected chi connectivity index (χ3v) is 3.94. The second-order valence-electron chi connectivity index (χ2n) is 4.21. The minimum Gasteiger partial charge on any atom is -0.378 e. The van der Waals surface area contributed by atoms with E-state index in [1.165, 1.54) is 11.8 Å². The van der Waals surface area contributed by atoms with Gasteiger partial charge in [-0.1, -0.05) is 0 Å². The van der Waals surface area contributed by atoms with E-state index in [9.17, 15) is 0 Å². The van der Waals surface area contributed by atoms with Crippen LogP contribution in [0.2, 0.25) is 5.28 Å². The average Bonchev–Trinajstić information content (AvgIpc) is 2.85. The van der Waals surface area contributed by atoms with Gasteiger partial charge in [0.05, 0.1) is 13.2 Å². The Morgan fingerprint density at radius 2 is 2.05 bits per heavy atom. The molecule has 3 heterocycles. The lowest BCUT2D eigenvalue weighted by atomic mass is 10.4. The number of ether oxygens (including phenoxy) is 1. The molecule has 106 valence electrons. The molecule has 0 aromatic carbocycles. The SMILES string of the molecule is Cn1ccnc1Sc1nc(Cl)nc(N2CCOCC2)n1. The normalized spacial score (nSPS) is 15.6. The first-order chi connectivity index (χ1) is 9.72. The number of nitrogens with zero attached hydrogens (tertiary/aromatic N) is 6. The highest BCUT2D eigenvalue weighted by atomic mass is 35.5. The summed E-state index contributed by atoms with van der Waals surface area (Å²) < 4.78 is 7.22. The third kappa shape index (κ3) is 3.02. The van der Waals surface area contributed by atoms with E-state index in [0.29, 0.717) is 24.3 Å². The number of aromatic nitrogens is 5. The molecule has 0 bridgehead atoms. The van der Waals surface area contributed by atoms with Gasteiger partial charge in [-0.3, -0.25) is 0 Å². The number of rotatable bonds is 3. The molecular weight excluding hydrogens is 300 g/mol. The summed E-state index contributed by atoms with van der Waals surface area (Å²) in [4.78, 5) is 19.0. The summed E-state index contributed by atoms with van der Waals surface area (Å²) in [5.41, 5.74) is 0. The Balaban J connectivity index is 1.84. The molecule has 0 aliphatic carbocycles. The van der Waals surface area contributed by atoms with Crippen LogP contribution in [0.25, 0.3) is 0 Å². The fraction of sp³-hybridized carbons (Fsp3) is 0.455. The van der Waals surface area contributed by atoms with Crippen molar-refractivity contribution in [2.75, 3.05) is 31.2 Å². The molecule has 9 heteroatoms. The van der Waals surface area contributed by atoms with E-state index < -0.39 is 0 Å². The average molecular weight is 313 g/mol. The fourth-order valence-corrected chi connectivity index (χ4v) is 2.75. The molecule has 0 N–H and O–H groups in total. The largest absolute Gasteiger partial charge is 0.378 e. The third-order valence-electron chi connectivity index (χ3n) is 2.83. The molecule has 3 rings (SSSR count). The van der Waals surface area contributed by atoms with E-state index >= 15 is 0 Å². The summed E-state index contributed by atoms with van der Waals surface area (Å²) in [6.07, 6.45) is 3.60. The molecule has 1 aliphatic rings. The Bertz CT molecular complexity index is 600. The molecule has 0 unspecified atom stereocenters. The maximum atomic E-state index is 5.99. The van der Waals surface area contributed by atoms with Gasteiger partial charge in [0.1, 0.15) is 0 Å². The number of aryl methyl sites for hydroxylation is 1. The smallest absolute Gasteiger partial charge is 0.230 e. The molecule has 0 saturated carbocycles. The van der Waals surface area contributed by atoms with Crippen molar-refractivity contribution in [3.8, 4) is 0 Å². The van der Waals surface area contributed by atoms with Crippen LogP contribution in [0.3, 0.4) is 0 Å². The van der Waals surface area contributed by atoms with Gasteiger partial charge < -0.3 is 14.2 Å². The van der Waals surface area contributed by atoms with Crippen molar-refractivity contribution < 1.29 is 4.74 Å². The predicted octanol–water partition coefficient (Wildman–Crippen LogP) is 1.25. The number of hydrogen-bond acceptors (Lipinski definition) is 7. The van der Waals surface area contributed by atoms with E-state index in [1.54, 1.807) is 6.20 Å². The lowest BCUT2D eigenvalue weighted by molar-refractivity contribution is 0.122. The van der Waals surface area contributed by atoms with Gasteiger partial charge in [0.2, 0.25) is 16.4 Å². The van der Waals surface area contributed by atoms with Crippen LogP contribution in [-0.4, -0.2) is 50.8 Å². The Morgan fingerprint density at radius 3 is 2.75 bits per heavy atom. The topological polar surface area (TPSA) is 69.0 Å². The monoisotopic (exact) mass is 312 g/mol. The molecule has 0 amide bonds. The summed E-state index contributed by atoms with van der Waals surface area (Å²) in [5.74, 6) is 0.588. The first-order valence-corrected chi connectivity index (χ1v) is 7.31. The van der Waals surface area contributed by atoms with Crippen molar-refractivity contribution in [2.24, 2.45) is 7.05 Å². The fourth-order valence-electron chi connectivity index (χ4n) is 1.80. The van der Waals surface area contributed by atoms with Crippen LogP contribution in [0.15, 0.2) is 22.7 Å². The molecule has 2 aromatic heterocycles. The highest BCUT2D eigenvalue weighted by Crippen LogP contribution is 2.25. The zero-order valence-corrected chi connectivity index (χ0v) is 12.4. The molecule has 7 nitrogen and oxygen atoms in total. The first kappa shape index (κ1) is 13.6. The van der Waals surface area contributed by atoms with Crippen molar-refractivity contribution >= 4 is 29.3 Å². The van der Waals surface area contributed by atoms with Crippen molar-refractivity contribution in [1.29, 1.82) is 0 Å². The Hall–Kier alpha value is -1.38. The van der Waals surface area contributed by atoms with Crippen LogP contribution in [0, 0.1) is 0 Å². The molecule has 1 aliphatic heterocycles. The van der Waals surface area contributed by atoms with E-state index in [-0.39, 0.29) is 5.28 Å². The predicted molar refractivity (Wildman–Crippen MR) is 75.2 cm³/mol. The second-order valence-corrected chi connectivity index (χ2v) is 5.48. The molecule has 2 aromatic rings. The van der Waals surface area contributed by atoms with Gasteiger partial charge in [0.25, 0.3) is 0 Å². The lowest BCUT2D eigenvalue weighted by Crippen LogP contribution is -2.37. The van der Waals surface area contributed by atoms with Gasteiger partial charge in [-0.05, 0) is 23.4 Å². The van der Waals surface area contributed by atoms with E-state index in [4.69, 9.17) is 16.3 Å². The van der Waals surface area contributed by atoms with Crippen molar-refractivity contribution in [2.45, 2.75) is 10.3 Å². The quantitative estimate of drug-likeness (QED) is 0.844. The highest BCUT2D eigenvalue weighted by Gasteiger charge is 2.17. The maximum Gasteiger partial charge on any atom is 0.230 e. The van der Waals surface area contributed by atoms with Crippen LogP contribution in [0.5, 0.6) is 0 Å². The van der Waals surface area contributed by atoms with Gasteiger partial charge in [-0.15, -0.1) is 0 Å². The minimum atomic E-state index is 0.193. The number of imidazole rings is 1. The second kappa shape index (κ2) is 5.94. The Morgan fingerprint density at radius 1 is 1.25 bits per heavy atom. The highest BCUT2D eigenvalue weighted by molar-refractivity contribution is 7.99. The molecule has 0 spiro atoms. The zero-order chi connectivity index (χ0) is 13.9. The molecular formula is C11H13ClN6OS. The van der Waals surface area contributed by atoms with Crippen LogP contribution < -0.4 is 4.90 Å². The van der Waals surface area contributed by atoms with Crippen molar-refractivity contribution in [3.05, 3.63) is 17.7 Å². The molecule has 1 saturated heterocycles. The lowest BCUT2D eigenvalue weighted by Gasteiger charge is -2.26. The summed E-state index contributed by atoms with van der Waals surface area (Å²) in [7, 11) is 1.92. The van der Waals surface area contributed by atoms with Gasteiger partial charge in [0.15, 0.2) is 5.16 Å². The van der Waals surface area contributed by atoms with Gasteiger partial charge in [-0.2, -0.15) is 15.0 Å². The maximum absolute atomic E-state index is 5.99. The summed E-state index contributed by atoms with van der Waals surface area (Å²) in [6, 6.07) is 0. The molecule has 0 atom stereocenters. The molecule has 1 fully saturated rings. The molecule has 0 radical (unpaired) electrons. The standard InChI is InChI=1S/C11H13ClN6OS/c1-17-3-2-13-11(17)20-10-15-8(12)14-9(16-10)18-4-6-19-7-5-18/h2-3H,4-7H2,1H3. The van der Waals surface area contributed by atoms with Gasteiger partial charge in [0, 0.05) is 32.5 Å². The minimum absolute atomic E-state index is 0.193. The van der Waals surface area contributed by atoms with E-state index in [1.807, 2.05) is 22.7 Å². The Kier molecular flexibility index (Phi) is 4.04. The van der Waals surface area contributed by atoms with E-state index in [0.717, 1.165) is 18.2 Å². The summed E-state index contributed by atoms with van der Waals surface area (Å²) >= 11 is 7.35. The number of halogens is 1. The van der Waals surface area contributed by atoms with Crippen LogP contribution in [0.4, 0.5) is 5.95 Å². The number of anilines is 1. The van der Waals surface area contributed by atoms with Crippen molar-refractivity contribution in [1.82, 2.24) is 24.5 Å². The van der Waals surface area contributed by atoms with Crippen LogP contribution in [-0.2, 0) is 11.8 Å². The zero-order valence-electron chi connectivity index (χ0n) is 10.9. The van der Waals surface area contributed by atoms with E-state index in [2.05, 4.69) is 19.9 Å². The van der Waals surface area contributed by atoms with Crippen LogP contribution >= 0.6 is 23.4 Å². The van der Waals surface area contributed by atoms with Gasteiger partial charge >= 0.3 is 0 Å². The molecule has 20 heavy (non-hydrogen) atoms.